The van der Waals surface area contributed by atoms with Gasteiger partial charge in [0.05, 0.1) is 6.04 Å². The topological polar surface area (TPSA) is 38.3 Å². The highest BCUT2D eigenvalue weighted by Crippen LogP contribution is 2.22. The van der Waals surface area contributed by atoms with Crippen molar-refractivity contribution in [3.63, 3.8) is 0 Å². The van der Waals surface area contributed by atoms with Gasteiger partial charge in [-0.3, -0.25) is 4.79 Å². The zero-order valence-electron chi connectivity index (χ0n) is 15.2. The molecule has 1 aliphatic carbocycles. The molecular weight excluding hydrogens is 341 g/mol. The van der Waals surface area contributed by atoms with Crippen molar-refractivity contribution < 1.29 is 13.9 Å². The van der Waals surface area contributed by atoms with Gasteiger partial charge in [0.1, 0.15) is 17.3 Å². The lowest BCUT2D eigenvalue weighted by Gasteiger charge is -2.15. The van der Waals surface area contributed by atoms with Crippen LogP contribution >= 0.6 is 0 Å². The molecule has 0 aliphatic heterocycles. The molecule has 2 aromatic rings. The molecule has 0 bridgehead atoms. The molecule has 0 fully saturated rings. The molecule has 3 nitrogen and oxygen atoms in total. The highest BCUT2D eigenvalue weighted by Gasteiger charge is 2.09. The smallest absolute Gasteiger partial charge is 0.244 e. The number of hydrogen-bond acceptors (Lipinski definition) is 2. The van der Waals surface area contributed by atoms with Crippen LogP contribution in [-0.4, -0.2) is 5.91 Å². The molecule has 1 atom stereocenters. The summed E-state index contributed by atoms with van der Waals surface area (Å²) in [6.07, 6.45) is 11.3. The largest absolute Gasteiger partial charge is 0.458 e. The maximum atomic E-state index is 12.9. The predicted molar refractivity (Wildman–Crippen MR) is 106 cm³/mol. The van der Waals surface area contributed by atoms with Gasteiger partial charge < -0.3 is 10.1 Å². The Hall–Kier alpha value is -3.14. The summed E-state index contributed by atoms with van der Waals surface area (Å²) in [7, 11) is 0. The summed E-state index contributed by atoms with van der Waals surface area (Å²) in [4.78, 5) is 12.1. The Morgan fingerprint density at radius 1 is 1.19 bits per heavy atom. The summed E-state index contributed by atoms with van der Waals surface area (Å²) < 4.78 is 18.8. The van der Waals surface area contributed by atoms with Gasteiger partial charge in [-0.2, -0.15) is 0 Å². The fraction of sp³-hybridized carbons (Fsp3) is 0.174. The van der Waals surface area contributed by atoms with Gasteiger partial charge in [-0.05, 0) is 73.4 Å². The summed E-state index contributed by atoms with van der Waals surface area (Å²) in [5.74, 6) is 1.08. The van der Waals surface area contributed by atoms with E-state index in [-0.39, 0.29) is 17.8 Å². The molecule has 2 aromatic carbocycles. The van der Waals surface area contributed by atoms with Gasteiger partial charge >= 0.3 is 0 Å². The third kappa shape index (κ3) is 5.68. The maximum absolute atomic E-state index is 12.9. The van der Waals surface area contributed by atoms with Crippen LogP contribution in [0.4, 0.5) is 4.39 Å². The van der Waals surface area contributed by atoms with E-state index >= 15 is 0 Å². The van der Waals surface area contributed by atoms with Crippen LogP contribution in [0.25, 0.3) is 6.08 Å². The van der Waals surface area contributed by atoms with Crippen LogP contribution in [0, 0.1) is 5.82 Å². The summed E-state index contributed by atoms with van der Waals surface area (Å²) in [6, 6.07) is 13.5. The van der Waals surface area contributed by atoms with E-state index in [0.717, 1.165) is 35.5 Å². The molecule has 4 heteroatoms. The third-order valence-corrected chi connectivity index (χ3v) is 4.21. The monoisotopic (exact) mass is 363 g/mol. The number of hydrogen-bond donors (Lipinski definition) is 1. The van der Waals surface area contributed by atoms with Crippen molar-refractivity contribution in [2.45, 2.75) is 25.8 Å². The van der Waals surface area contributed by atoms with E-state index in [1.54, 1.807) is 18.2 Å². The Labute approximate surface area is 158 Å². The second-order valence-corrected chi connectivity index (χ2v) is 6.38. The first-order chi connectivity index (χ1) is 13.1. The minimum atomic E-state index is -0.299. The zero-order chi connectivity index (χ0) is 19.1. The molecule has 0 unspecified atom stereocenters. The van der Waals surface area contributed by atoms with E-state index in [1.165, 1.54) is 18.2 Å². The van der Waals surface area contributed by atoms with Gasteiger partial charge in [0.15, 0.2) is 0 Å². The van der Waals surface area contributed by atoms with Crippen molar-refractivity contribution in [1.82, 2.24) is 5.32 Å². The molecule has 0 saturated carbocycles. The minimum absolute atomic E-state index is 0.171. The molecule has 27 heavy (non-hydrogen) atoms. The van der Waals surface area contributed by atoms with Crippen LogP contribution in [0.3, 0.4) is 0 Å². The fourth-order valence-electron chi connectivity index (χ4n) is 2.74. The molecular formula is C23H22FNO2. The first-order valence-electron chi connectivity index (χ1n) is 8.99. The highest BCUT2D eigenvalue weighted by atomic mass is 19.1. The summed E-state index contributed by atoms with van der Waals surface area (Å²) >= 11 is 0. The van der Waals surface area contributed by atoms with Crippen LogP contribution in [0.1, 0.15) is 36.9 Å². The molecule has 1 amide bonds. The molecule has 0 aromatic heterocycles. The van der Waals surface area contributed by atoms with Crippen molar-refractivity contribution in [2.24, 2.45) is 0 Å². The van der Waals surface area contributed by atoms with Crippen LogP contribution in [-0.2, 0) is 4.79 Å². The quantitative estimate of drug-likeness (QED) is 0.705. The number of carbonyl (C=O) groups is 1. The zero-order valence-corrected chi connectivity index (χ0v) is 15.2. The molecule has 0 saturated heterocycles. The predicted octanol–water partition coefficient (Wildman–Crippen LogP) is 5.33. The first kappa shape index (κ1) is 18.6. The summed E-state index contributed by atoms with van der Waals surface area (Å²) in [5, 5.41) is 2.92. The number of allylic oxidation sites excluding steroid dienone is 3. The van der Waals surface area contributed by atoms with E-state index in [4.69, 9.17) is 4.74 Å². The molecule has 138 valence electrons. The summed E-state index contributed by atoms with van der Waals surface area (Å²) in [6.45, 7) is 1.92. The lowest BCUT2D eigenvalue weighted by atomic mass is 10.1. The first-order valence-corrected chi connectivity index (χ1v) is 8.99. The van der Waals surface area contributed by atoms with Gasteiger partial charge in [0.2, 0.25) is 5.91 Å². The second-order valence-electron chi connectivity index (χ2n) is 6.38. The number of halogens is 1. The molecule has 3 rings (SSSR count). The Bertz CT molecular complexity index is 882. The maximum Gasteiger partial charge on any atom is 0.244 e. The van der Waals surface area contributed by atoms with Crippen LogP contribution in [0.15, 0.2) is 78.6 Å². The van der Waals surface area contributed by atoms with E-state index in [0.29, 0.717) is 0 Å². The van der Waals surface area contributed by atoms with E-state index in [9.17, 15) is 9.18 Å². The lowest BCUT2D eigenvalue weighted by Crippen LogP contribution is -2.24. The average molecular weight is 363 g/mol. The Morgan fingerprint density at radius 2 is 2.00 bits per heavy atom. The molecule has 0 spiro atoms. The van der Waals surface area contributed by atoms with E-state index in [2.05, 4.69) is 17.5 Å². The number of ether oxygens (including phenoxy) is 1. The van der Waals surface area contributed by atoms with Crippen LogP contribution in [0.2, 0.25) is 0 Å². The number of carbonyl (C=O) groups excluding carboxylic acids is 1. The van der Waals surface area contributed by atoms with Crippen molar-refractivity contribution in [3.05, 3.63) is 95.5 Å². The van der Waals surface area contributed by atoms with Gasteiger partial charge in [0.25, 0.3) is 0 Å². The average Bonchev–Trinajstić information content (AvgIpc) is 2.68. The third-order valence-electron chi connectivity index (χ3n) is 4.21. The number of rotatable bonds is 6. The van der Waals surface area contributed by atoms with Gasteiger partial charge in [-0.1, -0.05) is 30.3 Å². The SMILES string of the molecule is C[C@H](NC(=O)/C=C/c1ccc(F)cc1)c1cccc(OC2=CCCC=C2)c1. The van der Waals surface area contributed by atoms with Crippen molar-refractivity contribution in [3.8, 4) is 5.75 Å². The fourth-order valence-corrected chi connectivity index (χ4v) is 2.74. The number of benzene rings is 2. The van der Waals surface area contributed by atoms with E-state index in [1.807, 2.05) is 37.3 Å². The number of nitrogens with one attached hydrogen (secondary N) is 1. The highest BCUT2D eigenvalue weighted by molar-refractivity contribution is 5.91. The Kier molecular flexibility index (Phi) is 6.21. The normalized spacial score (nSPS) is 14.7. The second kappa shape index (κ2) is 8.99. The molecule has 0 heterocycles. The Balaban J connectivity index is 1.60. The van der Waals surface area contributed by atoms with Crippen LogP contribution in [0.5, 0.6) is 5.75 Å². The van der Waals surface area contributed by atoms with Gasteiger partial charge in [-0.15, -0.1) is 0 Å². The standard InChI is InChI=1S/C23H22FNO2/c1-17(25-23(26)15-12-18-10-13-20(24)14-11-18)19-6-5-9-22(16-19)27-21-7-3-2-4-8-21/h3,5-17H,2,4H2,1H3,(H,25,26)/b15-12+/t17-/m0/s1. The van der Waals surface area contributed by atoms with Crippen LogP contribution < -0.4 is 10.1 Å². The van der Waals surface area contributed by atoms with Crippen molar-refractivity contribution >= 4 is 12.0 Å². The van der Waals surface area contributed by atoms with Gasteiger partial charge in [0, 0.05) is 6.08 Å². The van der Waals surface area contributed by atoms with Crippen molar-refractivity contribution in [1.29, 1.82) is 0 Å². The minimum Gasteiger partial charge on any atom is -0.458 e. The van der Waals surface area contributed by atoms with E-state index < -0.39 is 0 Å². The molecule has 1 N–H and O–H groups in total. The summed E-state index contributed by atoms with van der Waals surface area (Å²) in [5.41, 5.74) is 1.72. The van der Waals surface area contributed by atoms with Crippen molar-refractivity contribution in [2.75, 3.05) is 0 Å². The lowest BCUT2D eigenvalue weighted by molar-refractivity contribution is -0.117. The van der Waals surface area contributed by atoms with Gasteiger partial charge in [-0.25, -0.2) is 4.39 Å². The number of amides is 1. The molecule has 1 aliphatic rings. The molecule has 0 radical (unpaired) electrons. The Morgan fingerprint density at radius 3 is 2.74 bits per heavy atom.